The first kappa shape index (κ1) is 20.1. The smallest absolute Gasteiger partial charge is 0.223 e. The highest BCUT2D eigenvalue weighted by Crippen LogP contribution is 2.27. The molecule has 1 unspecified atom stereocenters. The minimum Gasteiger partial charge on any atom is -0.371 e. The van der Waals surface area contributed by atoms with E-state index in [0.29, 0.717) is 5.92 Å². The first-order valence-electron chi connectivity index (χ1n) is 8.07. The van der Waals surface area contributed by atoms with Crippen LogP contribution in [0, 0.1) is 11.8 Å². The quantitative estimate of drug-likeness (QED) is 0.765. The van der Waals surface area contributed by atoms with Crippen molar-refractivity contribution in [1.82, 2.24) is 10.6 Å². The van der Waals surface area contributed by atoms with Crippen molar-refractivity contribution in [2.45, 2.75) is 19.8 Å². The van der Waals surface area contributed by atoms with Gasteiger partial charge in [-0.1, -0.05) is 25.1 Å². The van der Waals surface area contributed by atoms with Gasteiger partial charge in [-0.15, -0.1) is 24.8 Å². The van der Waals surface area contributed by atoms with Crippen LogP contribution in [-0.2, 0) is 11.2 Å². The van der Waals surface area contributed by atoms with E-state index < -0.39 is 0 Å². The fourth-order valence-electron chi connectivity index (χ4n) is 3.16. The summed E-state index contributed by atoms with van der Waals surface area (Å²) in [5.41, 5.74) is 2.82. The third-order valence-corrected chi connectivity index (χ3v) is 4.82. The van der Waals surface area contributed by atoms with Crippen LogP contribution < -0.4 is 15.5 Å². The fraction of sp³-hybridized carbons (Fsp3) is 0.588. The number of benzene rings is 1. The lowest BCUT2D eigenvalue weighted by molar-refractivity contribution is -0.126. The molecule has 23 heavy (non-hydrogen) atoms. The Hall–Kier alpha value is -0.970. The number of para-hydroxylation sites is 1. The first-order chi connectivity index (χ1) is 10.3. The largest absolute Gasteiger partial charge is 0.371 e. The van der Waals surface area contributed by atoms with Crippen LogP contribution in [0.5, 0.6) is 0 Å². The zero-order valence-electron chi connectivity index (χ0n) is 13.6. The number of amides is 1. The maximum absolute atomic E-state index is 12.0. The molecule has 6 heteroatoms. The minimum atomic E-state index is 0. The van der Waals surface area contributed by atoms with Crippen molar-refractivity contribution in [2.24, 2.45) is 11.8 Å². The van der Waals surface area contributed by atoms with Crippen molar-refractivity contribution in [3.05, 3.63) is 29.8 Å². The average molecular weight is 360 g/mol. The van der Waals surface area contributed by atoms with Crippen LogP contribution >= 0.6 is 24.8 Å². The molecule has 0 bridgehead atoms. The van der Waals surface area contributed by atoms with Crippen molar-refractivity contribution >= 4 is 36.4 Å². The van der Waals surface area contributed by atoms with Crippen molar-refractivity contribution in [3.8, 4) is 0 Å². The summed E-state index contributed by atoms with van der Waals surface area (Å²) in [6.45, 7) is 6.92. The molecule has 1 saturated heterocycles. The van der Waals surface area contributed by atoms with E-state index >= 15 is 0 Å². The molecule has 4 nitrogen and oxygen atoms in total. The van der Waals surface area contributed by atoms with Gasteiger partial charge >= 0.3 is 0 Å². The molecule has 0 saturated carbocycles. The van der Waals surface area contributed by atoms with E-state index in [9.17, 15) is 4.79 Å². The summed E-state index contributed by atoms with van der Waals surface area (Å²) in [6, 6.07) is 8.63. The summed E-state index contributed by atoms with van der Waals surface area (Å²) in [5, 5.41) is 6.31. The van der Waals surface area contributed by atoms with E-state index in [0.717, 1.165) is 45.6 Å². The molecule has 2 aliphatic rings. The molecule has 3 rings (SSSR count). The summed E-state index contributed by atoms with van der Waals surface area (Å²) in [5.74, 6) is 0.873. The SMILES string of the molecule is CC(C(=O)NCCCN1CCc2ccccc21)C1CNC1.Cl.Cl. The van der Waals surface area contributed by atoms with Crippen LogP contribution in [0.4, 0.5) is 5.69 Å². The third-order valence-electron chi connectivity index (χ3n) is 4.82. The number of fused-ring (bicyclic) bond motifs is 1. The van der Waals surface area contributed by atoms with Gasteiger partial charge in [-0.3, -0.25) is 4.79 Å². The Morgan fingerprint density at radius 3 is 2.78 bits per heavy atom. The lowest BCUT2D eigenvalue weighted by Crippen LogP contribution is -2.49. The predicted octanol–water partition coefficient (Wildman–Crippen LogP) is 2.25. The van der Waals surface area contributed by atoms with Gasteiger partial charge in [-0.2, -0.15) is 0 Å². The van der Waals surface area contributed by atoms with Gasteiger partial charge in [0.15, 0.2) is 0 Å². The average Bonchev–Trinajstić information content (AvgIpc) is 2.85. The number of carbonyl (C=O) groups excluding carboxylic acids is 1. The second-order valence-corrected chi connectivity index (χ2v) is 6.22. The number of rotatable bonds is 6. The monoisotopic (exact) mass is 359 g/mol. The third kappa shape index (κ3) is 4.75. The number of halogens is 2. The van der Waals surface area contributed by atoms with Gasteiger partial charge in [0.2, 0.25) is 5.91 Å². The van der Waals surface area contributed by atoms with Crippen molar-refractivity contribution < 1.29 is 4.79 Å². The van der Waals surface area contributed by atoms with E-state index in [1.54, 1.807) is 0 Å². The molecule has 1 amide bonds. The van der Waals surface area contributed by atoms with E-state index in [4.69, 9.17) is 0 Å². The van der Waals surface area contributed by atoms with Crippen LogP contribution in [0.2, 0.25) is 0 Å². The van der Waals surface area contributed by atoms with Crippen LogP contribution in [0.15, 0.2) is 24.3 Å². The van der Waals surface area contributed by atoms with Crippen LogP contribution in [0.3, 0.4) is 0 Å². The van der Waals surface area contributed by atoms with Gasteiger partial charge in [0.1, 0.15) is 0 Å². The molecular formula is C17H27Cl2N3O. The van der Waals surface area contributed by atoms with E-state index in [-0.39, 0.29) is 36.6 Å². The molecule has 1 atom stereocenters. The van der Waals surface area contributed by atoms with Gasteiger partial charge in [-0.05, 0) is 43.5 Å². The Labute approximate surface area is 151 Å². The Kier molecular flexibility index (Phi) is 8.17. The van der Waals surface area contributed by atoms with Gasteiger partial charge in [-0.25, -0.2) is 0 Å². The lowest BCUT2D eigenvalue weighted by Gasteiger charge is -2.31. The summed E-state index contributed by atoms with van der Waals surface area (Å²) in [4.78, 5) is 14.5. The molecule has 1 fully saturated rings. The molecule has 2 aliphatic heterocycles. The molecular weight excluding hydrogens is 333 g/mol. The zero-order valence-corrected chi connectivity index (χ0v) is 15.2. The molecule has 0 aliphatic carbocycles. The summed E-state index contributed by atoms with van der Waals surface area (Å²) in [6.07, 6.45) is 2.16. The predicted molar refractivity (Wildman–Crippen MR) is 100 cm³/mol. The van der Waals surface area contributed by atoms with Crippen molar-refractivity contribution in [1.29, 1.82) is 0 Å². The number of carbonyl (C=O) groups is 1. The summed E-state index contributed by atoms with van der Waals surface area (Å²) < 4.78 is 0. The standard InChI is InChI=1S/C17H25N3O.2ClH/c1-13(15-11-18-12-15)17(21)19-8-4-9-20-10-7-14-5-2-3-6-16(14)20;;/h2-3,5-6,13,15,18H,4,7-12H2,1H3,(H,19,21);2*1H. The topological polar surface area (TPSA) is 44.4 Å². The molecule has 0 spiro atoms. The van der Waals surface area contributed by atoms with Crippen molar-refractivity contribution in [3.63, 3.8) is 0 Å². The molecule has 0 aromatic heterocycles. The van der Waals surface area contributed by atoms with Gasteiger partial charge in [0, 0.05) is 31.2 Å². The molecule has 2 N–H and O–H groups in total. The molecule has 0 radical (unpaired) electrons. The highest BCUT2D eigenvalue weighted by molar-refractivity contribution is 5.85. The normalized spacial score (nSPS) is 17.3. The Morgan fingerprint density at radius 2 is 2.09 bits per heavy atom. The van der Waals surface area contributed by atoms with Gasteiger partial charge in [0.05, 0.1) is 0 Å². The Balaban J connectivity index is 0.00000132. The fourth-order valence-corrected chi connectivity index (χ4v) is 3.16. The maximum atomic E-state index is 12.0. The summed E-state index contributed by atoms with van der Waals surface area (Å²) in [7, 11) is 0. The zero-order chi connectivity index (χ0) is 14.7. The van der Waals surface area contributed by atoms with Crippen molar-refractivity contribution in [2.75, 3.05) is 37.6 Å². The highest BCUT2D eigenvalue weighted by atomic mass is 35.5. The highest BCUT2D eigenvalue weighted by Gasteiger charge is 2.28. The number of nitrogens with one attached hydrogen (secondary N) is 2. The lowest BCUT2D eigenvalue weighted by atomic mass is 9.88. The van der Waals surface area contributed by atoms with Crippen LogP contribution in [-0.4, -0.2) is 38.6 Å². The van der Waals surface area contributed by atoms with E-state index in [1.807, 2.05) is 6.92 Å². The maximum Gasteiger partial charge on any atom is 0.223 e. The number of hydrogen-bond acceptors (Lipinski definition) is 3. The first-order valence-corrected chi connectivity index (χ1v) is 8.07. The summed E-state index contributed by atoms with van der Waals surface area (Å²) >= 11 is 0. The second-order valence-electron chi connectivity index (χ2n) is 6.22. The number of hydrogen-bond donors (Lipinski definition) is 2. The van der Waals surface area contributed by atoms with Gasteiger partial charge in [0.25, 0.3) is 0 Å². The molecule has 130 valence electrons. The van der Waals surface area contributed by atoms with E-state index in [2.05, 4.69) is 39.8 Å². The second kappa shape index (κ2) is 9.36. The van der Waals surface area contributed by atoms with Crippen LogP contribution in [0.1, 0.15) is 18.9 Å². The molecule has 2 heterocycles. The minimum absolute atomic E-state index is 0. The number of nitrogens with zero attached hydrogens (tertiary/aromatic N) is 1. The Bertz CT molecular complexity index is 508. The van der Waals surface area contributed by atoms with E-state index in [1.165, 1.54) is 11.3 Å². The number of anilines is 1. The Morgan fingerprint density at radius 1 is 1.35 bits per heavy atom. The van der Waals surface area contributed by atoms with Crippen LogP contribution in [0.25, 0.3) is 0 Å². The van der Waals surface area contributed by atoms with Gasteiger partial charge < -0.3 is 15.5 Å². The molecule has 1 aromatic carbocycles. The molecule has 1 aromatic rings.